The van der Waals surface area contributed by atoms with E-state index in [1.54, 1.807) is 6.92 Å². The summed E-state index contributed by atoms with van der Waals surface area (Å²) in [6.07, 6.45) is 0.771. The molecule has 0 fully saturated rings. The van der Waals surface area contributed by atoms with Crippen LogP contribution < -0.4 is 5.32 Å². The Labute approximate surface area is 92.7 Å². The molecule has 0 radical (unpaired) electrons. The zero-order valence-electron chi connectivity index (χ0n) is 10.1. The van der Waals surface area contributed by atoms with Crippen LogP contribution in [0.3, 0.4) is 0 Å². The first kappa shape index (κ1) is 13.8. The van der Waals surface area contributed by atoms with Gasteiger partial charge in [0.2, 0.25) is 0 Å². The van der Waals surface area contributed by atoms with Crippen LogP contribution in [0.5, 0.6) is 0 Å². The summed E-state index contributed by atoms with van der Waals surface area (Å²) >= 11 is 0. The first-order valence-corrected chi connectivity index (χ1v) is 5.45. The standard InChI is InChI=1S/C11H15NO.C2H6/c1-9(13)11(12-2)8-10-6-4-3-5-7-10;1-2/h3-7,11-12H,8H2,1-2H3;1-2H3. The molecule has 1 rings (SSSR count). The molecule has 0 amide bonds. The van der Waals surface area contributed by atoms with Gasteiger partial charge >= 0.3 is 0 Å². The Hall–Kier alpha value is -1.15. The number of hydrogen-bond donors (Lipinski definition) is 1. The molecule has 0 aliphatic rings. The maximum absolute atomic E-state index is 11.1. The van der Waals surface area contributed by atoms with Gasteiger partial charge in [-0.25, -0.2) is 0 Å². The topological polar surface area (TPSA) is 29.1 Å². The van der Waals surface area contributed by atoms with Crippen molar-refractivity contribution in [2.45, 2.75) is 33.2 Å². The average Bonchev–Trinajstić information content (AvgIpc) is 2.29. The third-order valence-corrected chi connectivity index (χ3v) is 2.12. The first-order chi connectivity index (χ1) is 7.24. The Balaban J connectivity index is 0.000000921. The van der Waals surface area contributed by atoms with Crippen LogP contribution in [-0.4, -0.2) is 18.9 Å². The van der Waals surface area contributed by atoms with Crippen molar-refractivity contribution in [2.75, 3.05) is 7.05 Å². The fraction of sp³-hybridized carbons (Fsp3) is 0.462. The lowest BCUT2D eigenvalue weighted by Crippen LogP contribution is -2.34. The van der Waals surface area contributed by atoms with E-state index in [0.717, 1.165) is 6.42 Å². The summed E-state index contributed by atoms with van der Waals surface area (Å²) in [6, 6.07) is 9.97. The highest BCUT2D eigenvalue weighted by atomic mass is 16.1. The second kappa shape index (κ2) is 8.18. The third-order valence-electron chi connectivity index (χ3n) is 2.12. The van der Waals surface area contributed by atoms with Gasteiger partial charge in [-0.1, -0.05) is 44.2 Å². The summed E-state index contributed by atoms with van der Waals surface area (Å²) in [5.41, 5.74) is 1.19. The Morgan fingerprint density at radius 2 is 1.80 bits per heavy atom. The number of hydrogen-bond acceptors (Lipinski definition) is 2. The summed E-state index contributed by atoms with van der Waals surface area (Å²) in [5, 5.41) is 3.00. The van der Waals surface area contributed by atoms with Gasteiger partial charge in [0.05, 0.1) is 6.04 Å². The first-order valence-electron chi connectivity index (χ1n) is 5.45. The van der Waals surface area contributed by atoms with Crippen molar-refractivity contribution in [3.05, 3.63) is 35.9 Å². The summed E-state index contributed by atoms with van der Waals surface area (Å²) in [4.78, 5) is 11.1. The van der Waals surface area contributed by atoms with Crippen LogP contribution in [0.25, 0.3) is 0 Å². The highest BCUT2D eigenvalue weighted by Crippen LogP contribution is 2.03. The van der Waals surface area contributed by atoms with Gasteiger partial charge in [0.1, 0.15) is 5.78 Å². The van der Waals surface area contributed by atoms with Gasteiger partial charge in [0, 0.05) is 0 Å². The summed E-state index contributed by atoms with van der Waals surface area (Å²) < 4.78 is 0. The number of rotatable bonds is 4. The van der Waals surface area contributed by atoms with E-state index < -0.39 is 0 Å². The second-order valence-electron chi connectivity index (χ2n) is 3.14. The van der Waals surface area contributed by atoms with E-state index in [9.17, 15) is 4.79 Å². The molecule has 84 valence electrons. The van der Waals surface area contributed by atoms with E-state index in [0.29, 0.717) is 0 Å². The summed E-state index contributed by atoms with van der Waals surface area (Å²) in [6.45, 7) is 5.62. The van der Waals surface area contributed by atoms with Gasteiger partial charge in [0.25, 0.3) is 0 Å². The monoisotopic (exact) mass is 207 g/mol. The lowest BCUT2D eigenvalue weighted by atomic mass is 10.0. The molecule has 0 saturated carbocycles. The molecular weight excluding hydrogens is 186 g/mol. The molecule has 0 saturated heterocycles. The zero-order valence-corrected chi connectivity index (χ0v) is 10.1. The fourth-order valence-electron chi connectivity index (χ4n) is 1.30. The van der Waals surface area contributed by atoms with Gasteiger partial charge in [-0.3, -0.25) is 4.79 Å². The van der Waals surface area contributed by atoms with Gasteiger partial charge in [-0.2, -0.15) is 0 Å². The van der Waals surface area contributed by atoms with Gasteiger partial charge in [-0.05, 0) is 26.0 Å². The van der Waals surface area contributed by atoms with Crippen LogP contribution in [0, 0.1) is 0 Å². The van der Waals surface area contributed by atoms with E-state index in [1.807, 2.05) is 51.2 Å². The molecule has 15 heavy (non-hydrogen) atoms. The van der Waals surface area contributed by atoms with Crippen LogP contribution >= 0.6 is 0 Å². The van der Waals surface area contributed by atoms with Crippen molar-refractivity contribution in [2.24, 2.45) is 0 Å². The second-order valence-corrected chi connectivity index (χ2v) is 3.14. The van der Waals surface area contributed by atoms with Crippen molar-refractivity contribution in [1.82, 2.24) is 5.32 Å². The normalized spacial score (nSPS) is 11.2. The SMILES string of the molecule is CC.CNC(Cc1ccccc1)C(C)=O. The Bertz CT molecular complexity index is 269. The predicted molar refractivity (Wildman–Crippen MR) is 65.0 cm³/mol. The number of Topliss-reactive ketones (excluding diaryl/α,β-unsaturated/α-hetero) is 1. The van der Waals surface area contributed by atoms with Crippen LogP contribution in [0.15, 0.2) is 30.3 Å². The molecule has 1 unspecified atom stereocenters. The smallest absolute Gasteiger partial charge is 0.147 e. The number of benzene rings is 1. The zero-order chi connectivity index (χ0) is 11.7. The number of carbonyl (C=O) groups is 1. The minimum Gasteiger partial charge on any atom is -0.310 e. The molecule has 0 bridgehead atoms. The van der Waals surface area contributed by atoms with Gasteiger partial charge in [0.15, 0.2) is 0 Å². The van der Waals surface area contributed by atoms with E-state index in [-0.39, 0.29) is 11.8 Å². The average molecular weight is 207 g/mol. The molecule has 0 aliphatic heterocycles. The van der Waals surface area contributed by atoms with Crippen molar-refractivity contribution < 1.29 is 4.79 Å². The molecule has 0 aliphatic carbocycles. The maximum atomic E-state index is 11.1. The molecule has 2 heteroatoms. The molecule has 1 aromatic carbocycles. The predicted octanol–water partition coefficient (Wildman–Crippen LogP) is 2.43. The molecule has 0 heterocycles. The van der Waals surface area contributed by atoms with Gasteiger partial charge < -0.3 is 5.32 Å². The maximum Gasteiger partial charge on any atom is 0.147 e. The van der Waals surface area contributed by atoms with Crippen molar-refractivity contribution in [3.63, 3.8) is 0 Å². The van der Waals surface area contributed by atoms with Crippen molar-refractivity contribution in [3.8, 4) is 0 Å². The highest BCUT2D eigenvalue weighted by Gasteiger charge is 2.11. The van der Waals surface area contributed by atoms with Crippen LogP contribution in [0.2, 0.25) is 0 Å². The van der Waals surface area contributed by atoms with E-state index in [1.165, 1.54) is 5.56 Å². The van der Waals surface area contributed by atoms with E-state index in [2.05, 4.69) is 5.32 Å². The molecule has 1 atom stereocenters. The lowest BCUT2D eigenvalue weighted by molar-refractivity contribution is -0.118. The number of ketones is 1. The minimum atomic E-state index is -0.0533. The van der Waals surface area contributed by atoms with Crippen molar-refractivity contribution >= 4 is 5.78 Å². The third kappa shape index (κ3) is 5.33. The lowest BCUT2D eigenvalue weighted by Gasteiger charge is -2.11. The molecule has 0 aromatic heterocycles. The molecular formula is C13H21NO. The summed E-state index contributed by atoms with van der Waals surface area (Å²) in [7, 11) is 1.81. The largest absolute Gasteiger partial charge is 0.310 e. The van der Waals surface area contributed by atoms with Gasteiger partial charge in [-0.15, -0.1) is 0 Å². The minimum absolute atomic E-state index is 0.0533. The molecule has 2 nitrogen and oxygen atoms in total. The molecule has 1 N–H and O–H groups in total. The van der Waals surface area contributed by atoms with Crippen LogP contribution in [0.4, 0.5) is 0 Å². The van der Waals surface area contributed by atoms with E-state index >= 15 is 0 Å². The Kier molecular flexibility index (Phi) is 7.56. The number of nitrogens with one attached hydrogen (secondary N) is 1. The summed E-state index contributed by atoms with van der Waals surface area (Å²) in [5.74, 6) is 0.186. The Morgan fingerprint density at radius 3 is 2.20 bits per heavy atom. The number of likely N-dealkylation sites (N-methyl/N-ethyl adjacent to an activating group) is 1. The van der Waals surface area contributed by atoms with E-state index in [4.69, 9.17) is 0 Å². The van der Waals surface area contributed by atoms with Crippen molar-refractivity contribution in [1.29, 1.82) is 0 Å². The molecule has 1 aromatic rings. The van der Waals surface area contributed by atoms with Crippen LogP contribution in [0.1, 0.15) is 26.3 Å². The van der Waals surface area contributed by atoms with Crippen LogP contribution in [-0.2, 0) is 11.2 Å². The highest BCUT2D eigenvalue weighted by molar-refractivity contribution is 5.81. The Morgan fingerprint density at radius 1 is 1.27 bits per heavy atom. The fourth-order valence-corrected chi connectivity index (χ4v) is 1.30. The quantitative estimate of drug-likeness (QED) is 0.821. The number of carbonyl (C=O) groups excluding carboxylic acids is 1. The molecule has 0 spiro atoms.